The van der Waals surface area contributed by atoms with E-state index in [4.69, 9.17) is 4.74 Å². The molecule has 38 heavy (non-hydrogen) atoms. The van der Waals surface area contributed by atoms with Crippen molar-refractivity contribution in [3.63, 3.8) is 0 Å². The number of para-hydroxylation sites is 1. The molecule has 200 valence electrons. The van der Waals surface area contributed by atoms with Crippen LogP contribution in [0.4, 0.5) is 11.4 Å². The number of nitrogens with zero attached hydrogens (tertiary/aromatic N) is 1. The van der Waals surface area contributed by atoms with Crippen LogP contribution in [0.2, 0.25) is 18.6 Å². The Morgan fingerprint density at radius 3 is 2.76 bits per heavy atom. The van der Waals surface area contributed by atoms with E-state index in [0.717, 1.165) is 16.5 Å². The van der Waals surface area contributed by atoms with Crippen LogP contribution in [-0.2, 0) is 26.3 Å². The number of ether oxygens (including phenoxy) is 1. The highest BCUT2D eigenvalue weighted by molar-refractivity contribution is 6.71. The second-order valence-corrected chi connectivity index (χ2v) is 14.9. The second kappa shape index (κ2) is 9.81. The monoisotopic (exact) mass is 533 g/mol. The number of aromatic amines is 1. The third-order valence-electron chi connectivity index (χ3n) is 8.02. The topological polar surface area (TPSA) is 115 Å². The number of benzene rings is 2. The van der Waals surface area contributed by atoms with Gasteiger partial charge in [0.25, 0.3) is 5.91 Å². The van der Waals surface area contributed by atoms with Gasteiger partial charge in [-0.2, -0.15) is 0 Å². The molecule has 5 rings (SSSR count). The van der Waals surface area contributed by atoms with Crippen LogP contribution < -0.4 is 10.2 Å². The van der Waals surface area contributed by atoms with Crippen molar-refractivity contribution >= 4 is 42.4 Å². The number of fused-ring (bicyclic) bond motifs is 3. The molecule has 0 saturated carbocycles. The number of carbonyl (C=O) groups excluding carboxylic acids is 2. The third-order valence-corrected chi connectivity index (χ3v) is 10.5. The molecule has 1 aromatic heterocycles. The smallest absolute Gasteiger partial charge is 0.264 e. The van der Waals surface area contributed by atoms with Gasteiger partial charge < -0.3 is 29.8 Å². The van der Waals surface area contributed by atoms with Gasteiger partial charge in [-0.05, 0) is 49.3 Å². The molecule has 3 heterocycles. The number of H-pyrrole nitrogens is 1. The van der Waals surface area contributed by atoms with Gasteiger partial charge >= 0.3 is 0 Å². The van der Waals surface area contributed by atoms with Crippen LogP contribution in [0.15, 0.2) is 61.3 Å². The zero-order valence-electron chi connectivity index (χ0n) is 22.0. The standard InChI is InChI=1S/C29H35N3O5Si/c1-5-13-32-24-11-10-20(31-26(34)15-19-17-30-23-9-7-6-8-21(19)23)16-22(24)29(28(32)35)18(2)27(38(3,4)36)25(37-29)12-14-33/h5-11,16-18,25,27,30,33,36H,1,12-15H2,2-4H3,(H,31,34)/t18-,25+,27-,29+/m1/s1. The number of carbonyl (C=O) groups is 2. The fourth-order valence-electron chi connectivity index (χ4n) is 6.52. The molecule has 0 radical (unpaired) electrons. The van der Waals surface area contributed by atoms with Gasteiger partial charge in [-0.15, -0.1) is 6.58 Å². The van der Waals surface area contributed by atoms with Gasteiger partial charge in [0.2, 0.25) is 5.91 Å². The highest BCUT2D eigenvalue weighted by Crippen LogP contribution is 2.59. The lowest BCUT2D eigenvalue weighted by Gasteiger charge is -2.32. The van der Waals surface area contributed by atoms with Crippen LogP contribution in [0, 0.1) is 5.92 Å². The highest BCUT2D eigenvalue weighted by Gasteiger charge is 2.66. The molecule has 0 aliphatic carbocycles. The van der Waals surface area contributed by atoms with Crippen LogP contribution in [0.3, 0.4) is 0 Å². The van der Waals surface area contributed by atoms with E-state index in [1.807, 2.05) is 62.6 Å². The van der Waals surface area contributed by atoms with E-state index in [-0.39, 0.29) is 36.3 Å². The van der Waals surface area contributed by atoms with Crippen molar-refractivity contribution in [2.24, 2.45) is 5.92 Å². The molecule has 4 N–H and O–H groups in total. The quantitative estimate of drug-likeness (QED) is 0.258. The summed E-state index contributed by atoms with van der Waals surface area (Å²) < 4.78 is 6.58. The van der Waals surface area contributed by atoms with Crippen molar-refractivity contribution in [3.05, 3.63) is 72.4 Å². The summed E-state index contributed by atoms with van der Waals surface area (Å²) in [6.07, 6.45) is 3.60. The van der Waals surface area contributed by atoms with E-state index >= 15 is 0 Å². The zero-order chi connectivity index (χ0) is 27.2. The third kappa shape index (κ3) is 4.19. The Labute approximate surface area is 223 Å². The Balaban J connectivity index is 1.50. The summed E-state index contributed by atoms with van der Waals surface area (Å²) in [7, 11) is -2.77. The van der Waals surface area contributed by atoms with Gasteiger partial charge in [-0.25, -0.2) is 0 Å². The van der Waals surface area contributed by atoms with Crippen molar-refractivity contribution in [3.8, 4) is 0 Å². The SMILES string of the molecule is C=CCN1C(=O)[C@@]2(O[C@@H](CCO)[C@H]([Si](C)(C)O)[C@H]2C)c2cc(NC(=O)Cc3c[nH]c4ccccc34)ccc21. The average Bonchev–Trinajstić information content (AvgIpc) is 3.47. The van der Waals surface area contributed by atoms with Crippen LogP contribution in [-0.4, -0.2) is 54.3 Å². The predicted octanol–water partition coefficient (Wildman–Crippen LogP) is 4.06. The number of hydrogen-bond acceptors (Lipinski definition) is 5. The number of aromatic nitrogens is 1. The molecule has 2 aliphatic rings. The number of hydrogen-bond donors (Lipinski definition) is 4. The minimum Gasteiger partial charge on any atom is -0.432 e. The molecule has 1 spiro atoms. The van der Waals surface area contributed by atoms with Crippen molar-refractivity contribution in [1.29, 1.82) is 0 Å². The minimum absolute atomic E-state index is 0.101. The average molecular weight is 534 g/mol. The van der Waals surface area contributed by atoms with Crippen LogP contribution in [0.25, 0.3) is 10.9 Å². The fourth-order valence-corrected chi connectivity index (χ4v) is 9.12. The van der Waals surface area contributed by atoms with Gasteiger partial charge in [0.05, 0.1) is 18.2 Å². The lowest BCUT2D eigenvalue weighted by molar-refractivity contribution is -0.146. The van der Waals surface area contributed by atoms with Gasteiger partial charge in [0, 0.05) is 53.0 Å². The molecule has 8 nitrogen and oxygen atoms in total. The van der Waals surface area contributed by atoms with Gasteiger partial charge in [0.15, 0.2) is 13.9 Å². The molecule has 4 atom stereocenters. The fraction of sp³-hybridized carbons (Fsp3) is 0.379. The molecule has 1 fully saturated rings. The summed E-state index contributed by atoms with van der Waals surface area (Å²) in [6.45, 7) is 9.68. The summed E-state index contributed by atoms with van der Waals surface area (Å²) in [6, 6.07) is 13.3. The number of aliphatic hydroxyl groups excluding tert-OH is 1. The Hall–Kier alpha value is -3.24. The van der Waals surface area contributed by atoms with E-state index in [1.165, 1.54) is 0 Å². The first-order valence-electron chi connectivity index (χ1n) is 13.0. The van der Waals surface area contributed by atoms with Crippen molar-refractivity contribution in [1.82, 2.24) is 4.98 Å². The minimum atomic E-state index is -2.77. The van der Waals surface area contributed by atoms with Crippen molar-refractivity contribution in [2.45, 2.75) is 50.1 Å². The number of aliphatic hydroxyl groups is 1. The Kier molecular flexibility index (Phi) is 6.81. The van der Waals surface area contributed by atoms with Gasteiger partial charge in [-0.1, -0.05) is 31.2 Å². The zero-order valence-corrected chi connectivity index (χ0v) is 23.0. The lowest BCUT2D eigenvalue weighted by atomic mass is 9.82. The number of rotatable bonds is 8. The summed E-state index contributed by atoms with van der Waals surface area (Å²) in [5.74, 6) is -0.703. The Bertz CT molecular complexity index is 1400. The second-order valence-electron chi connectivity index (χ2n) is 10.9. The van der Waals surface area contributed by atoms with Gasteiger partial charge in [0.1, 0.15) is 0 Å². The molecule has 1 saturated heterocycles. The largest absolute Gasteiger partial charge is 0.432 e. The van der Waals surface area contributed by atoms with E-state index < -0.39 is 20.0 Å². The maximum atomic E-state index is 14.0. The van der Waals surface area contributed by atoms with Crippen molar-refractivity contribution < 1.29 is 24.2 Å². The normalized spacial score (nSPS) is 24.8. The van der Waals surface area contributed by atoms with Crippen LogP contribution in [0.1, 0.15) is 24.5 Å². The Morgan fingerprint density at radius 1 is 1.29 bits per heavy atom. The highest BCUT2D eigenvalue weighted by atomic mass is 28.4. The summed E-state index contributed by atoms with van der Waals surface area (Å²) in [5.41, 5.74) is 2.26. The summed E-state index contributed by atoms with van der Waals surface area (Å²) >= 11 is 0. The molecular weight excluding hydrogens is 498 g/mol. The molecule has 2 aliphatic heterocycles. The molecule has 2 aromatic carbocycles. The molecule has 0 unspecified atom stereocenters. The van der Waals surface area contributed by atoms with Gasteiger partial charge in [-0.3, -0.25) is 9.59 Å². The first-order chi connectivity index (χ1) is 18.1. The lowest BCUT2D eigenvalue weighted by Crippen LogP contribution is -2.46. The van der Waals surface area contributed by atoms with E-state index in [9.17, 15) is 19.5 Å². The molecule has 2 amide bonds. The number of nitrogens with one attached hydrogen (secondary N) is 2. The number of amides is 2. The van der Waals surface area contributed by atoms with E-state index in [1.54, 1.807) is 17.0 Å². The Morgan fingerprint density at radius 2 is 2.05 bits per heavy atom. The predicted molar refractivity (Wildman–Crippen MR) is 150 cm³/mol. The van der Waals surface area contributed by atoms with E-state index in [2.05, 4.69) is 16.9 Å². The number of anilines is 2. The first-order valence-corrected chi connectivity index (χ1v) is 16.1. The van der Waals surface area contributed by atoms with Crippen LogP contribution in [0.5, 0.6) is 0 Å². The van der Waals surface area contributed by atoms with E-state index in [0.29, 0.717) is 29.9 Å². The maximum absolute atomic E-state index is 14.0. The molecule has 0 bridgehead atoms. The summed E-state index contributed by atoms with van der Waals surface area (Å²) in [5, 5.41) is 13.7. The summed E-state index contributed by atoms with van der Waals surface area (Å²) in [4.78, 5) is 43.1. The molecule has 9 heteroatoms. The maximum Gasteiger partial charge on any atom is 0.264 e. The van der Waals surface area contributed by atoms with Crippen LogP contribution >= 0.6 is 0 Å². The molecular formula is C29H35N3O5Si. The first kappa shape index (κ1) is 26.4. The molecule has 3 aromatic rings. The van der Waals surface area contributed by atoms with Crippen molar-refractivity contribution in [2.75, 3.05) is 23.4 Å².